The van der Waals surface area contributed by atoms with Crippen molar-refractivity contribution in [3.05, 3.63) is 45.9 Å². The van der Waals surface area contributed by atoms with Crippen LogP contribution in [0.1, 0.15) is 21.6 Å². The summed E-state index contributed by atoms with van der Waals surface area (Å²) >= 11 is 1.43. The first-order valence-corrected chi connectivity index (χ1v) is 6.27. The monoisotopic (exact) mass is 246 g/mol. The summed E-state index contributed by atoms with van der Waals surface area (Å²) in [7, 11) is 1.77. The van der Waals surface area contributed by atoms with Gasteiger partial charge < -0.3 is 4.90 Å². The lowest BCUT2D eigenvalue weighted by atomic mass is 10.1. The van der Waals surface area contributed by atoms with E-state index in [1.54, 1.807) is 22.8 Å². The standard InChI is InChI=1S/C13H14N2OS/c1-9-4-10(2)6-11(5-9)15(3)13(16)12-7-17-8-14-12/h4-8H,1-3H3. The Kier molecular flexibility index (Phi) is 3.24. The molecule has 1 heterocycles. The number of hydrogen-bond donors (Lipinski definition) is 0. The molecule has 0 aliphatic carbocycles. The third kappa shape index (κ3) is 2.53. The molecule has 4 heteroatoms. The van der Waals surface area contributed by atoms with E-state index < -0.39 is 0 Å². The number of carbonyl (C=O) groups excluding carboxylic acids is 1. The van der Waals surface area contributed by atoms with E-state index in [0.717, 1.165) is 16.8 Å². The minimum absolute atomic E-state index is 0.0729. The van der Waals surface area contributed by atoms with Gasteiger partial charge in [0.15, 0.2) is 0 Å². The molecule has 1 aromatic carbocycles. The third-order valence-corrected chi connectivity index (χ3v) is 3.14. The van der Waals surface area contributed by atoms with E-state index in [4.69, 9.17) is 0 Å². The van der Waals surface area contributed by atoms with Gasteiger partial charge in [-0.3, -0.25) is 4.79 Å². The van der Waals surface area contributed by atoms with Crippen LogP contribution in [-0.4, -0.2) is 17.9 Å². The van der Waals surface area contributed by atoms with E-state index in [-0.39, 0.29) is 5.91 Å². The zero-order valence-electron chi connectivity index (χ0n) is 10.1. The molecule has 0 fully saturated rings. The second kappa shape index (κ2) is 4.67. The van der Waals surface area contributed by atoms with Gasteiger partial charge in [-0.25, -0.2) is 4.98 Å². The second-order valence-corrected chi connectivity index (χ2v) is 4.80. The van der Waals surface area contributed by atoms with E-state index in [1.165, 1.54) is 11.3 Å². The van der Waals surface area contributed by atoms with Crippen molar-refractivity contribution in [2.24, 2.45) is 0 Å². The van der Waals surface area contributed by atoms with Crippen LogP contribution in [0.15, 0.2) is 29.1 Å². The Bertz CT molecular complexity index is 514. The van der Waals surface area contributed by atoms with Crippen molar-refractivity contribution in [3.63, 3.8) is 0 Å². The lowest BCUT2D eigenvalue weighted by Crippen LogP contribution is -2.26. The van der Waals surface area contributed by atoms with E-state index in [2.05, 4.69) is 11.1 Å². The van der Waals surface area contributed by atoms with Gasteiger partial charge in [-0.2, -0.15) is 0 Å². The van der Waals surface area contributed by atoms with Crippen molar-refractivity contribution in [2.75, 3.05) is 11.9 Å². The molecule has 0 atom stereocenters. The van der Waals surface area contributed by atoms with Crippen LogP contribution >= 0.6 is 11.3 Å². The predicted octanol–water partition coefficient (Wildman–Crippen LogP) is 3.04. The van der Waals surface area contributed by atoms with Gasteiger partial charge in [-0.1, -0.05) is 6.07 Å². The Labute approximate surface area is 105 Å². The van der Waals surface area contributed by atoms with Crippen molar-refractivity contribution >= 4 is 22.9 Å². The van der Waals surface area contributed by atoms with Crippen molar-refractivity contribution < 1.29 is 4.79 Å². The van der Waals surface area contributed by atoms with Gasteiger partial charge in [0.2, 0.25) is 0 Å². The number of amides is 1. The van der Waals surface area contributed by atoms with E-state index in [1.807, 2.05) is 26.0 Å². The number of anilines is 1. The highest BCUT2D eigenvalue weighted by Crippen LogP contribution is 2.19. The Morgan fingerprint density at radius 2 is 1.88 bits per heavy atom. The average molecular weight is 246 g/mol. The maximum Gasteiger partial charge on any atom is 0.277 e. The maximum atomic E-state index is 12.1. The first-order chi connectivity index (χ1) is 8.08. The molecule has 0 N–H and O–H groups in total. The molecule has 0 radical (unpaired) electrons. The van der Waals surface area contributed by atoms with E-state index in [0.29, 0.717) is 5.69 Å². The van der Waals surface area contributed by atoms with E-state index in [9.17, 15) is 4.79 Å². The molecular weight excluding hydrogens is 232 g/mol. The number of hydrogen-bond acceptors (Lipinski definition) is 3. The number of aromatic nitrogens is 1. The van der Waals surface area contributed by atoms with Crippen molar-refractivity contribution in [1.29, 1.82) is 0 Å². The van der Waals surface area contributed by atoms with Gasteiger partial charge in [-0.15, -0.1) is 11.3 Å². The van der Waals surface area contributed by atoms with Crippen LogP contribution in [0.5, 0.6) is 0 Å². The number of carbonyl (C=O) groups is 1. The summed E-state index contributed by atoms with van der Waals surface area (Å²) in [6.45, 7) is 4.05. The van der Waals surface area contributed by atoms with Crippen LogP contribution in [0.4, 0.5) is 5.69 Å². The Morgan fingerprint density at radius 1 is 1.24 bits per heavy atom. The minimum atomic E-state index is -0.0729. The molecule has 0 bridgehead atoms. The molecule has 3 nitrogen and oxygen atoms in total. The molecule has 0 saturated heterocycles. The number of nitrogens with zero attached hydrogens (tertiary/aromatic N) is 2. The Morgan fingerprint density at radius 3 is 2.41 bits per heavy atom. The molecule has 0 saturated carbocycles. The molecule has 1 amide bonds. The topological polar surface area (TPSA) is 33.2 Å². The van der Waals surface area contributed by atoms with Crippen LogP contribution in [0.25, 0.3) is 0 Å². The lowest BCUT2D eigenvalue weighted by Gasteiger charge is -2.17. The maximum absolute atomic E-state index is 12.1. The first-order valence-electron chi connectivity index (χ1n) is 5.32. The smallest absolute Gasteiger partial charge is 0.277 e. The van der Waals surface area contributed by atoms with E-state index >= 15 is 0 Å². The normalized spacial score (nSPS) is 10.3. The molecular formula is C13H14N2OS. The Balaban J connectivity index is 2.31. The zero-order chi connectivity index (χ0) is 12.4. The van der Waals surface area contributed by atoms with Gasteiger partial charge in [0.05, 0.1) is 5.51 Å². The predicted molar refractivity (Wildman–Crippen MR) is 70.8 cm³/mol. The fourth-order valence-electron chi connectivity index (χ4n) is 1.75. The fraction of sp³-hybridized carbons (Fsp3) is 0.231. The quantitative estimate of drug-likeness (QED) is 0.816. The number of aryl methyl sites for hydroxylation is 2. The van der Waals surface area contributed by atoms with Crippen LogP contribution in [-0.2, 0) is 0 Å². The van der Waals surface area contributed by atoms with Crippen LogP contribution in [0.2, 0.25) is 0 Å². The summed E-state index contributed by atoms with van der Waals surface area (Å²) in [6, 6.07) is 6.08. The molecule has 2 rings (SSSR count). The molecule has 88 valence electrons. The van der Waals surface area contributed by atoms with Crippen molar-refractivity contribution in [1.82, 2.24) is 4.98 Å². The second-order valence-electron chi connectivity index (χ2n) is 4.08. The summed E-state index contributed by atoms with van der Waals surface area (Å²) in [5.74, 6) is -0.0729. The van der Waals surface area contributed by atoms with Crippen LogP contribution in [0.3, 0.4) is 0 Å². The highest BCUT2D eigenvalue weighted by atomic mass is 32.1. The van der Waals surface area contributed by atoms with Gasteiger partial charge in [-0.05, 0) is 37.1 Å². The summed E-state index contributed by atoms with van der Waals surface area (Å²) in [4.78, 5) is 17.8. The van der Waals surface area contributed by atoms with Gasteiger partial charge in [0.25, 0.3) is 5.91 Å². The minimum Gasteiger partial charge on any atom is -0.310 e. The first kappa shape index (κ1) is 11.8. The lowest BCUT2D eigenvalue weighted by molar-refractivity contribution is 0.0989. The summed E-state index contributed by atoms with van der Waals surface area (Å²) in [5.41, 5.74) is 5.37. The molecule has 1 aromatic heterocycles. The molecule has 17 heavy (non-hydrogen) atoms. The molecule has 0 unspecified atom stereocenters. The largest absolute Gasteiger partial charge is 0.310 e. The number of rotatable bonds is 2. The summed E-state index contributed by atoms with van der Waals surface area (Å²) < 4.78 is 0. The molecule has 0 aliphatic rings. The summed E-state index contributed by atoms with van der Waals surface area (Å²) in [5, 5.41) is 1.77. The SMILES string of the molecule is Cc1cc(C)cc(N(C)C(=O)c2cscn2)c1. The summed E-state index contributed by atoms with van der Waals surface area (Å²) in [6.07, 6.45) is 0. The van der Waals surface area contributed by atoms with Crippen molar-refractivity contribution in [3.8, 4) is 0 Å². The third-order valence-electron chi connectivity index (χ3n) is 2.55. The van der Waals surface area contributed by atoms with Gasteiger partial charge in [0.1, 0.15) is 5.69 Å². The fourth-order valence-corrected chi connectivity index (χ4v) is 2.28. The molecule has 2 aromatic rings. The number of thiazole rings is 1. The average Bonchev–Trinajstić information content (AvgIpc) is 2.79. The van der Waals surface area contributed by atoms with Crippen molar-refractivity contribution in [2.45, 2.75) is 13.8 Å². The Hall–Kier alpha value is -1.68. The van der Waals surface area contributed by atoms with Gasteiger partial charge >= 0.3 is 0 Å². The zero-order valence-corrected chi connectivity index (χ0v) is 10.9. The number of benzene rings is 1. The molecule has 0 spiro atoms. The highest BCUT2D eigenvalue weighted by molar-refractivity contribution is 7.07. The molecule has 0 aliphatic heterocycles. The van der Waals surface area contributed by atoms with Crippen LogP contribution in [0, 0.1) is 13.8 Å². The highest BCUT2D eigenvalue weighted by Gasteiger charge is 2.15. The van der Waals surface area contributed by atoms with Crippen LogP contribution < -0.4 is 4.90 Å². The van der Waals surface area contributed by atoms with Gasteiger partial charge in [0, 0.05) is 18.1 Å².